The van der Waals surface area contributed by atoms with E-state index < -0.39 is 0 Å². The van der Waals surface area contributed by atoms with E-state index in [1.165, 1.54) is 27.1 Å². The summed E-state index contributed by atoms with van der Waals surface area (Å²) in [5.74, 6) is 0.748. The molecule has 1 unspecified atom stereocenters. The van der Waals surface area contributed by atoms with Gasteiger partial charge in [-0.05, 0) is 30.5 Å². The van der Waals surface area contributed by atoms with Crippen LogP contribution in [-0.4, -0.2) is 7.05 Å². The van der Waals surface area contributed by atoms with Crippen LogP contribution >= 0.6 is 22.7 Å². The minimum atomic E-state index is 0.527. The molecular formula is C13H19NS2. The SMILES string of the molecule is CCC(CC)C(NC)c1cc2sccc2s1. The summed E-state index contributed by atoms with van der Waals surface area (Å²) in [6, 6.07) is 5.12. The number of nitrogens with one attached hydrogen (secondary N) is 1. The van der Waals surface area contributed by atoms with Crippen molar-refractivity contribution in [3.05, 3.63) is 22.4 Å². The topological polar surface area (TPSA) is 12.0 Å². The largest absolute Gasteiger partial charge is 0.312 e. The molecule has 2 rings (SSSR count). The highest BCUT2D eigenvalue weighted by atomic mass is 32.1. The van der Waals surface area contributed by atoms with Crippen molar-refractivity contribution in [2.45, 2.75) is 32.7 Å². The van der Waals surface area contributed by atoms with E-state index in [-0.39, 0.29) is 0 Å². The highest BCUT2D eigenvalue weighted by molar-refractivity contribution is 7.26. The van der Waals surface area contributed by atoms with Crippen LogP contribution in [0.3, 0.4) is 0 Å². The van der Waals surface area contributed by atoms with Crippen LogP contribution in [0, 0.1) is 5.92 Å². The Balaban J connectivity index is 2.30. The van der Waals surface area contributed by atoms with Gasteiger partial charge in [0.05, 0.1) is 0 Å². The predicted molar refractivity (Wildman–Crippen MR) is 75.6 cm³/mol. The molecule has 2 aromatic heterocycles. The highest BCUT2D eigenvalue weighted by Crippen LogP contribution is 2.37. The molecule has 0 aliphatic heterocycles. The van der Waals surface area contributed by atoms with Gasteiger partial charge in [0.25, 0.3) is 0 Å². The standard InChI is InChI=1S/C13H19NS2/c1-4-9(5-2)13(14-3)12-8-11-10(16-12)6-7-15-11/h6-9,13-14H,4-5H2,1-3H3. The number of hydrogen-bond acceptors (Lipinski definition) is 3. The molecule has 0 aliphatic rings. The first-order valence-corrected chi connectivity index (χ1v) is 7.63. The zero-order valence-electron chi connectivity index (χ0n) is 10.1. The summed E-state index contributed by atoms with van der Waals surface area (Å²) in [4.78, 5) is 1.50. The van der Waals surface area contributed by atoms with Gasteiger partial charge in [0, 0.05) is 20.3 Å². The average Bonchev–Trinajstić information content (AvgIpc) is 2.85. The third-order valence-electron chi connectivity index (χ3n) is 3.30. The van der Waals surface area contributed by atoms with Gasteiger partial charge in [-0.25, -0.2) is 0 Å². The molecule has 16 heavy (non-hydrogen) atoms. The second kappa shape index (κ2) is 5.30. The summed E-state index contributed by atoms with van der Waals surface area (Å²) < 4.78 is 2.87. The first-order valence-electron chi connectivity index (χ1n) is 5.94. The molecule has 0 spiro atoms. The van der Waals surface area contributed by atoms with E-state index in [0.717, 1.165) is 5.92 Å². The van der Waals surface area contributed by atoms with Crippen LogP contribution in [0.5, 0.6) is 0 Å². The molecule has 1 nitrogen and oxygen atoms in total. The lowest BCUT2D eigenvalue weighted by Crippen LogP contribution is -2.23. The Kier molecular flexibility index (Phi) is 4.00. The van der Waals surface area contributed by atoms with Crippen molar-refractivity contribution in [3.8, 4) is 0 Å². The van der Waals surface area contributed by atoms with Gasteiger partial charge in [-0.15, -0.1) is 22.7 Å². The third-order valence-corrected chi connectivity index (χ3v) is 5.47. The summed E-state index contributed by atoms with van der Waals surface area (Å²) >= 11 is 3.79. The van der Waals surface area contributed by atoms with Gasteiger partial charge in [0.2, 0.25) is 0 Å². The van der Waals surface area contributed by atoms with Crippen molar-refractivity contribution in [1.29, 1.82) is 0 Å². The van der Waals surface area contributed by atoms with Crippen molar-refractivity contribution < 1.29 is 0 Å². The van der Waals surface area contributed by atoms with E-state index >= 15 is 0 Å². The van der Waals surface area contributed by atoms with Gasteiger partial charge in [0.15, 0.2) is 0 Å². The summed E-state index contributed by atoms with van der Waals surface area (Å²) in [6.07, 6.45) is 2.49. The minimum Gasteiger partial charge on any atom is -0.312 e. The Bertz CT molecular complexity index is 411. The second-order valence-corrected chi connectivity index (χ2v) is 6.20. The van der Waals surface area contributed by atoms with Gasteiger partial charge in [-0.3, -0.25) is 0 Å². The molecule has 0 saturated carbocycles. The zero-order valence-corrected chi connectivity index (χ0v) is 11.8. The molecule has 0 bridgehead atoms. The fraction of sp³-hybridized carbons (Fsp3) is 0.538. The molecule has 1 atom stereocenters. The van der Waals surface area contributed by atoms with Crippen LogP contribution in [0.15, 0.2) is 17.5 Å². The van der Waals surface area contributed by atoms with E-state index in [9.17, 15) is 0 Å². The number of rotatable bonds is 5. The molecule has 0 fully saturated rings. The quantitative estimate of drug-likeness (QED) is 0.817. The summed E-state index contributed by atoms with van der Waals surface area (Å²) in [6.45, 7) is 4.57. The molecule has 3 heteroatoms. The Morgan fingerprint density at radius 2 is 2.00 bits per heavy atom. The van der Waals surface area contributed by atoms with Crippen LogP contribution in [0.25, 0.3) is 9.40 Å². The molecule has 0 amide bonds. The first kappa shape index (κ1) is 12.1. The molecule has 2 aromatic rings. The van der Waals surface area contributed by atoms with E-state index in [1.54, 1.807) is 0 Å². The maximum absolute atomic E-state index is 3.49. The number of hydrogen-bond donors (Lipinski definition) is 1. The maximum atomic E-state index is 3.49. The van der Waals surface area contributed by atoms with E-state index in [4.69, 9.17) is 0 Å². The zero-order chi connectivity index (χ0) is 11.5. The first-order chi connectivity index (χ1) is 7.80. The van der Waals surface area contributed by atoms with Crippen molar-refractivity contribution in [2.24, 2.45) is 5.92 Å². The normalized spacial score (nSPS) is 13.8. The smallest absolute Gasteiger partial charge is 0.0454 e. The van der Waals surface area contributed by atoms with Crippen LogP contribution in [0.4, 0.5) is 0 Å². The lowest BCUT2D eigenvalue weighted by molar-refractivity contribution is 0.364. The fourth-order valence-corrected chi connectivity index (χ4v) is 4.63. The Labute approximate surface area is 105 Å². The Morgan fingerprint density at radius 1 is 1.25 bits per heavy atom. The van der Waals surface area contributed by atoms with Crippen LogP contribution in [-0.2, 0) is 0 Å². The van der Waals surface area contributed by atoms with Crippen molar-refractivity contribution in [3.63, 3.8) is 0 Å². The molecule has 0 radical (unpaired) electrons. The Morgan fingerprint density at radius 3 is 2.56 bits per heavy atom. The highest BCUT2D eigenvalue weighted by Gasteiger charge is 2.20. The molecule has 2 heterocycles. The van der Waals surface area contributed by atoms with Gasteiger partial charge in [0.1, 0.15) is 0 Å². The van der Waals surface area contributed by atoms with Crippen molar-refractivity contribution in [2.75, 3.05) is 7.05 Å². The molecular weight excluding hydrogens is 234 g/mol. The van der Waals surface area contributed by atoms with Crippen LogP contribution in [0.2, 0.25) is 0 Å². The summed E-state index contributed by atoms with van der Waals surface area (Å²) in [7, 11) is 2.08. The van der Waals surface area contributed by atoms with Crippen LogP contribution in [0.1, 0.15) is 37.6 Å². The fourth-order valence-electron chi connectivity index (χ4n) is 2.31. The van der Waals surface area contributed by atoms with Crippen molar-refractivity contribution in [1.82, 2.24) is 5.32 Å². The van der Waals surface area contributed by atoms with Gasteiger partial charge >= 0.3 is 0 Å². The van der Waals surface area contributed by atoms with Crippen molar-refractivity contribution >= 4 is 32.1 Å². The molecule has 0 aromatic carbocycles. The maximum Gasteiger partial charge on any atom is 0.0454 e. The number of fused-ring (bicyclic) bond motifs is 1. The van der Waals surface area contributed by atoms with Gasteiger partial charge < -0.3 is 5.32 Å². The molecule has 88 valence electrons. The van der Waals surface area contributed by atoms with E-state index in [1.807, 2.05) is 22.7 Å². The minimum absolute atomic E-state index is 0.527. The van der Waals surface area contributed by atoms with Gasteiger partial charge in [-0.2, -0.15) is 0 Å². The lowest BCUT2D eigenvalue weighted by Gasteiger charge is -2.23. The second-order valence-electron chi connectivity index (χ2n) is 4.14. The number of thiophene rings is 2. The molecule has 0 aliphatic carbocycles. The predicted octanol–water partition coefficient (Wildman–Crippen LogP) is 4.66. The molecule has 1 N–H and O–H groups in total. The van der Waals surface area contributed by atoms with Gasteiger partial charge in [-0.1, -0.05) is 26.7 Å². The summed E-state index contributed by atoms with van der Waals surface area (Å²) in [5.41, 5.74) is 0. The lowest BCUT2D eigenvalue weighted by atomic mass is 9.93. The third kappa shape index (κ3) is 2.17. The summed E-state index contributed by atoms with van der Waals surface area (Å²) in [5, 5.41) is 5.66. The monoisotopic (exact) mass is 253 g/mol. The van der Waals surface area contributed by atoms with Crippen LogP contribution < -0.4 is 5.32 Å². The Hall–Kier alpha value is -0.380. The van der Waals surface area contributed by atoms with E-state index in [0.29, 0.717) is 6.04 Å². The van der Waals surface area contributed by atoms with E-state index in [2.05, 4.69) is 43.7 Å². The average molecular weight is 253 g/mol. The molecule has 0 saturated heterocycles.